The van der Waals surface area contributed by atoms with Crippen molar-refractivity contribution >= 4 is 0 Å². The molecule has 0 saturated carbocycles. The number of aliphatic hydroxyl groups is 1. The topological polar surface area (TPSA) is 63.0 Å². The molecule has 0 aliphatic rings. The van der Waals surface area contributed by atoms with Crippen LogP contribution in [-0.4, -0.2) is 38.7 Å². The number of aryl methyl sites for hydroxylation is 1. The molecule has 92 valence electrons. The van der Waals surface area contributed by atoms with E-state index in [1.54, 1.807) is 18.5 Å². The van der Waals surface area contributed by atoms with Gasteiger partial charge < -0.3 is 15.0 Å². The van der Waals surface area contributed by atoms with Crippen molar-refractivity contribution < 1.29 is 18.3 Å². The van der Waals surface area contributed by atoms with Crippen LogP contribution in [-0.2, 0) is 7.05 Å². The monoisotopic (exact) mass is 238 g/mol. The number of hydrogen-bond donors (Lipinski definition) is 2. The van der Waals surface area contributed by atoms with Crippen LogP contribution in [0, 0.1) is 0 Å². The van der Waals surface area contributed by atoms with Crippen LogP contribution >= 0.6 is 0 Å². The fourth-order valence-electron chi connectivity index (χ4n) is 1.18. The minimum atomic E-state index is -4.60. The smallest absolute Gasteiger partial charge is 0.382 e. The second-order valence-corrected chi connectivity index (χ2v) is 3.49. The van der Waals surface area contributed by atoms with Crippen LogP contribution in [0.4, 0.5) is 13.2 Å². The minimum absolute atomic E-state index is 0.413. The summed E-state index contributed by atoms with van der Waals surface area (Å²) >= 11 is 0. The Labute approximate surface area is 90.3 Å². The number of halogens is 3. The highest BCUT2D eigenvalue weighted by Crippen LogP contribution is 2.20. The molecule has 0 aliphatic carbocycles. The summed E-state index contributed by atoms with van der Waals surface area (Å²) in [6.07, 6.45) is -5.52. The van der Waals surface area contributed by atoms with Gasteiger partial charge >= 0.3 is 6.18 Å². The fraction of sp³-hybridized carbons (Fsp3) is 0.750. The maximum absolute atomic E-state index is 12.0. The molecule has 5 nitrogen and oxygen atoms in total. The highest BCUT2D eigenvalue weighted by Gasteiger charge is 2.38. The van der Waals surface area contributed by atoms with Gasteiger partial charge in [-0.15, -0.1) is 10.2 Å². The lowest BCUT2D eigenvalue weighted by molar-refractivity contribution is -0.202. The summed E-state index contributed by atoms with van der Waals surface area (Å²) in [5.41, 5.74) is 0. The molecule has 1 rings (SSSR count). The molecule has 16 heavy (non-hydrogen) atoms. The van der Waals surface area contributed by atoms with Crippen LogP contribution in [0.15, 0.2) is 6.33 Å². The Morgan fingerprint density at radius 2 is 2.19 bits per heavy atom. The molecule has 0 bridgehead atoms. The van der Waals surface area contributed by atoms with Crippen LogP contribution in [0.25, 0.3) is 0 Å². The summed E-state index contributed by atoms with van der Waals surface area (Å²) in [7, 11) is 1.69. The van der Waals surface area contributed by atoms with Crippen LogP contribution in [0.3, 0.4) is 0 Å². The quantitative estimate of drug-likeness (QED) is 0.796. The van der Waals surface area contributed by atoms with Gasteiger partial charge in [0.15, 0.2) is 6.10 Å². The molecule has 0 fully saturated rings. The maximum Gasteiger partial charge on any atom is 0.415 e. The molecular weight excluding hydrogens is 225 g/mol. The molecule has 0 aliphatic heterocycles. The van der Waals surface area contributed by atoms with E-state index in [4.69, 9.17) is 5.11 Å². The van der Waals surface area contributed by atoms with E-state index >= 15 is 0 Å². The van der Waals surface area contributed by atoms with E-state index < -0.39 is 24.9 Å². The maximum atomic E-state index is 12.0. The molecule has 0 saturated heterocycles. The molecule has 2 atom stereocenters. The molecule has 0 spiro atoms. The van der Waals surface area contributed by atoms with Gasteiger partial charge in [0.1, 0.15) is 12.2 Å². The zero-order valence-electron chi connectivity index (χ0n) is 8.86. The Kier molecular flexibility index (Phi) is 3.87. The molecule has 1 heterocycles. The molecule has 2 unspecified atom stereocenters. The van der Waals surface area contributed by atoms with E-state index in [1.807, 2.05) is 0 Å². The van der Waals surface area contributed by atoms with Gasteiger partial charge in [0.05, 0.1) is 6.04 Å². The van der Waals surface area contributed by atoms with Crippen molar-refractivity contribution in [2.24, 2.45) is 7.05 Å². The third kappa shape index (κ3) is 3.17. The Hall–Kier alpha value is -1.15. The zero-order chi connectivity index (χ0) is 12.3. The number of nitrogens with one attached hydrogen (secondary N) is 1. The first-order chi connectivity index (χ1) is 7.32. The minimum Gasteiger partial charge on any atom is -0.382 e. The second kappa shape index (κ2) is 4.79. The number of hydrogen-bond acceptors (Lipinski definition) is 4. The van der Waals surface area contributed by atoms with Gasteiger partial charge in [-0.1, -0.05) is 0 Å². The third-order valence-corrected chi connectivity index (χ3v) is 2.13. The van der Waals surface area contributed by atoms with Gasteiger partial charge in [0.2, 0.25) is 0 Å². The molecule has 8 heteroatoms. The predicted octanol–water partition coefficient (Wildman–Crippen LogP) is 0.389. The lowest BCUT2D eigenvalue weighted by Crippen LogP contribution is -2.39. The normalized spacial score (nSPS) is 16.1. The van der Waals surface area contributed by atoms with Crippen LogP contribution in [0.5, 0.6) is 0 Å². The number of nitrogens with zero attached hydrogens (tertiary/aromatic N) is 3. The second-order valence-electron chi connectivity index (χ2n) is 3.49. The molecular formula is C8H13F3N4O. The van der Waals surface area contributed by atoms with E-state index in [2.05, 4.69) is 15.5 Å². The summed E-state index contributed by atoms with van der Waals surface area (Å²) in [5, 5.41) is 18.7. The lowest BCUT2D eigenvalue weighted by atomic mass is 10.2. The van der Waals surface area contributed by atoms with Crippen LogP contribution < -0.4 is 5.32 Å². The van der Waals surface area contributed by atoms with E-state index in [0.717, 1.165) is 0 Å². The lowest BCUT2D eigenvalue weighted by Gasteiger charge is -2.18. The molecule has 0 radical (unpaired) electrons. The van der Waals surface area contributed by atoms with Crippen molar-refractivity contribution in [1.29, 1.82) is 0 Å². The average molecular weight is 238 g/mol. The van der Waals surface area contributed by atoms with Gasteiger partial charge in [-0.25, -0.2) is 0 Å². The van der Waals surface area contributed by atoms with Gasteiger partial charge in [-0.2, -0.15) is 13.2 Å². The average Bonchev–Trinajstić information content (AvgIpc) is 2.58. The standard InChI is InChI=1S/C8H13F3N4O/c1-5(7-14-13-4-15(7)2)12-3-6(16)8(9,10)11/h4-6,12,16H,3H2,1-2H3. The number of aromatic nitrogens is 3. The number of aliphatic hydroxyl groups excluding tert-OH is 1. The summed E-state index contributed by atoms with van der Waals surface area (Å²) in [6.45, 7) is 1.07. The summed E-state index contributed by atoms with van der Waals surface area (Å²) < 4.78 is 37.6. The number of rotatable bonds is 4. The largest absolute Gasteiger partial charge is 0.415 e. The van der Waals surface area contributed by atoms with Gasteiger partial charge in [-0.05, 0) is 6.92 Å². The number of alkyl halides is 3. The van der Waals surface area contributed by atoms with E-state index in [0.29, 0.717) is 5.82 Å². The molecule has 1 aromatic heterocycles. The first-order valence-corrected chi connectivity index (χ1v) is 4.64. The Bertz CT molecular complexity index is 338. The first kappa shape index (κ1) is 12.9. The summed E-state index contributed by atoms with van der Waals surface area (Å²) in [4.78, 5) is 0. The Morgan fingerprint density at radius 1 is 1.56 bits per heavy atom. The van der Waals surface area contributed by atoms with Crippen molar-refractivity contribution in [2.45, 2.75) is 25.2 Å². The third-order valence-electron chi connectivity index (χ3n) is 2.13. The van der Waals surface area contributed by atoms with Gasteiger partial charge in [0, 0.05) is 13.6 Å². The van der Waals surface area contributed by atoms with Crippen molar-refractivity contribution in [3.05, 3.63) is 12.2 Å². The van der Waals surface area contributed by atoms with E-state index in [9.17, 15) is 13.2 Å². The Balaban J connectivity index is 2.48. The van der Waals surface area contributed by atoms with Crippen molar-refractivity contribution in [3.8, 4) is 0 Å². The Morgan fingerprint density at radius 3 is 2.62 bits per heavy atom. The molecule has 1 aromatic rings. The summed E-state index contributed by atoms with van der Waals surface area (Å²) in [6, 6.07) is -0.413. The van der Waals surface area contributed by atoms with E-state index in [-0.39, 0.29) is 0 Å². The molecule has 0 amide bonds. The predicted molar refractivity (Wildman–Crippen MR) is 49.5 cm³/mol. The highest BCUT2D eigenvalue weighted by atomic mass is 19.4. The summed E-state index contributed by atoms with van der Waals surface area (Å²) in [5.74, 6) is 0.509. The van der Waals surface area contributed by atoms with E-state index in [1.165, 1.54) is 6.33 Å². The fourth-order valence-corrected chi connectivity index (χ4v) is 1.18. The van der Waals surface area contributed by atoms with Crippen LogP contribution in [0.2, 0.25) is 0 Å². The van der Waals surface area contributed by atoms with Crippen molar-refractivity contribution in [1.82, 2.24) is 20.1 Å². The van der Waals surface area contributed by atoms with Gasteiger partial charge in [0.25, 0.3) is 0 Å². The molecule has 0 aromatic carbocycles. The van der Waals surface area contributed by atoms with Gasteiger partial charge in [-0.3, -0.25) is 0 Å². The SMILES string of the molecule is CC(NCC(O)C(F)(F)F)c1nncn1C. The van der Waals surface area contributed by atoms with Crippen molar-refractivity contribution in [3.63, 3.8) is 0 Å². The van der Waals surface area contributed by atoms with Crippen LogP contribution in [0.1, 0.15) is 18.8 Å². The zero-order valence-corrected chi connectivity index (χ0v) is 8.86. The van der Waals surface area contributed by atoms with Crippen molar-refractivity contribution in [2.75, 3.05) is 6.54 Å². The first-order valence-electron chi connectivity index (χ1n) is 4.64. The highest BCUT2D eigenvalue weighted by molar-refractivity contribution is 4.92. The molecule has 2 N–H and O–H groups in total.